The fourth-order valence-corrected chi connectivity index (χ4v) is 3.46. The molecule has 0 aliphatic rings. The molecule has 0 N–H and O–H groups in total. The lowest BCUT2D eigenvalue weighted by Crippen LogP contribution is -2.31. The van der Waals surface area contributed by atoms with Gasteiger partial charge in [0.2, 0.25) is 14.9 Å². The van der Waals surface area contributed by atoms with Crippen LogP contribution >= 0.6 is 11.6 Å². The van der Waals surface area contributed by atoms with Crippen LogP contribution in [0.4, 0.5) is 13.6 Å². The average molecular weight is 364 g/mol. The summed E-state index contributed by atoms with van der Waals surface area (Å²) in [7, 11) is -3.03. The number of nitrogens with zero attached hydrogens (tertiary/aromatic N) is 3. The van der Waals surface area contributed by atoms with Crippen LogP contribution in [-0.4, -0.2) is 42.7 Å². The van der Waals surface area contributed by atoms with Crippen LogP contribution in [0.5, 0.6) is 0 Å². The Labute approximate surface area is 136 Å². The highest BCUT2D eigenvalue weighted by Gasteiger charge is 2.30. The van der Waals surface area contributed by atoms with Crippen molar-refractivity contribution in [2.24, 2.45) is 0 Å². The van der Waals surface area contributed by atoms with E-state index in [1.54, 1.807) is 6.92 Å². The van der Waals surface area contributed by atoms with Crippen LogP contribution in [0.1, 0.15) is 6.92 Å². The van der Waals surface area contributed by atoms with Crippen molar-refractivity contribution in [1.82, 2.24) is 14.7 Å². The molecule has 0 aliphatic heterocycles. The highest BCUT2D eigenvalue weighted by Crippen LogP contribution is 2.28. The Morgan fingerprint density at radius 1 is 1.39 bits per heavy atom. The molecule has 0 spiro atoms. The highest BCUT2D eigenvalue weighted by atomic mass is 35.5. The number of aromatic nitrogens is 2. The second-order valence-electron chi connectivity index (χ2n) is 4.58. The molecule has 0 fully saturated rings. The number of sulfone groups is 1. The first-order valence-corrected chi connectivity index (χ1v) is 8.26. The molecular formula is C13H12ClF2N3O3S. The van der Waals surface area contributed by atoms with Gasteiger partial charge in [0.15, 0.2) is 11.6 Å². The lowest BCUT2D eigenvalue weighted by Gasteiger charge is -2.13. The van der Waals surface area contributed by atoms with E-state index in [1.807, 2.05) is 0 Å². The van der Waals surface area contributed by atoms with Crippen LogP contribution < -0.4 is 0 Å². The molecule has 1 amide bonds. The maximum atomic E-state index is 13.8. The molecule has 0 saturated heterocycles. The van der Waals surface area contributed by atoms with E-state index in [1.165, 1.54) is 11.9 Å². The summed E-state index contributed by atoms with van der Waals surface area (Å²) >= 11 is 5.81. The zero-order chi connectivity index (χ0) is 17.4. The van der Waals surface area contributed by atoms with Crippen LogP contribution in [0.3, 0.4) is 0 Å². The van der Waals surface area contributed by atoms with E-state index in [9.17, 15) is 22.0 Å². The first-order valence-electron chi connectivity index (χ1n) is 6.39. The summed E-state index contributed by atoms with van der Waals surface area (Å²) in [6.45, 7) is 2.07. The normalized spacial score (nSPS) is 11.5. The number of halogens is 3. The Morgan fingerprint density at radius 3 is 2.65 bits per heavy atom. The van der Waals surface area contributed by atoms with Crippen LogP contribution in [0.25, 0.3) is 0 Å². The van der Waals surface area contributed by atoms with E-state index in [2.05, 4.69) is 5.10 Å². The van der Waals surface area contributed by atoms with Gasteiger partial charge in [-0.1, -0.05) is 17.7 Å². The summed E-state index contributed by atoms with van der Waals surface area (Å²) in [5.41, 5.74) is 0. The van der Waals surface area contributed by atoms with Crippen LogP contribution in [0.2, 0.25) is 5.02 Å². The molecule has 2 aromatic rings. The third kappa shape index (κ3) is 3.06. The monoisotopic (exact) mass is 363 g/mol. The topological polar surface area (TPSA) is 72.3 Å². The van der Waals surface area contributed by atoms with E-state index in [-0.39, 0.29) is 5.02 Å². The Morgan fingerprint density at radius 2 is 2.04 bits per heavy atom. The quantitative estimate of drug-likeness (QED) is 0.840. The van der Waals surface area contributed by atoms with Gasteiger partial charge in [0.05, 0.1) is 11.2 Å². The number of rotatable bonds is 3. The lowest BCUT2D eigenvalue weighted by atomic mass is 10.3. The molecule has 2 rings (SSSR count). The Balaban J connectivity index is 2.56. The molecule has 1 aromatic heterocycles. The number of hydrogen-bond acceptors (Lipinski definition) is 4. The zero-order valence-corrected chi connectivity index (χ0v) is 13.7. The first-order chi connectivity index (χ1) is 10.7. The van der Waals surface area contributed by atoms with Gasteiger partial charge in [-0.25, -0.2) is 22.0 Å². The van der Waals surface area contributed by atoms with Crippen molar-refractivity contribution in [2.75, 3.05) is 13.6 Å². The van der Waals surface area contributed by atoms with Gasteiger partial charge in [-0.2, -0.15) is 9.78 Å². The van der Waals surface area contributed by atoms with Crippen LogP contribution in [-0.2, 0) is 9.84 Å². The summed E-state index contributed by atoms with van der Waals surface area (Å²) < 4.78 is 52.6. The van der Waals surface area contributed by atoms with Gasteiger partial charge in [0.25, 0.3) is 0 Å². The maximum Gasteiger partial charge on any atom is 0.344 e. The molecule has 0 saturated carbocycles. The van der Waals surface area contributed by atoms with Crippen molar-refractivity contribution in [3.63, 3.8) is 0 Å². The molecule has 6 nitrogen and oxygen atoms in total. The maximum absolute atomic E-state index is 13.8. The molecule has 0 radical (unpaired) electrons. The Hall–Kier alpha value is -2.00. The smallest absolute Gasteiger partial charge is 0.326 e. The van der Waals surface area contributed by atoms with Crippen LogP contribution in [0.15, 0.2) is 34.3 Å². The summed E-state index contributed by atoms with van der Waals surface area (Å²) in [6, 6.07) is 2.11. The largest absolute Gasteiger partial charge is 0.344 e. The summed E-state index contributed by atoms with van der Waals surface area (Å²) in [5, 5.41) is 2.52. The molecule has 0 bridgehead atoms. The number of benzene rings is 1. The fraction of sp³-hybridized carbons (Fsp3) is 0.231. The molecule has 0 aliphatic carbocycles. The second kappa shape index (κ2) is 6.25. The van der Waals surface area contributed by atoms with Crippen molar-refractivity contribution < 1.29 is 22.0 Å². The van der Waals surface area contributed by atoms with Crippen LogP contribution in [0, 0.1) is 11.6 Å². The second-order valence-corrected chi connectivity index (χ2v) is 6.82. The first kappa shape index (κ1) is 17.4. The van der Waals surface area contributed by atoms with E-state index >= 15 is 0 Å². The Kier molecular flexibility index (Phi) is 4.71. The number of carbonyl (C=O) groups is 1. The van der Waals surface area contributed by atoms with Gasteiger partial charge in [-0.05, 0) is 19.1 Å². The summed E-state index contributed by atoms with van der Waals surface area (Å²) in [5.74, 6) is -2.85. The van der Waals surface area contributed by atoms with E-state index < -0.39 is 37.4 Å². The minimum atomic E-state index is -4.52. The summed E-state index contributed by atoms with van der Waals surface area (Å²) in [6.07, 6.45) is 1.00. The fourth-order valence-electron chi connectivity index (χ4n) is 1.72. The van der Waals surface area contributed by atoms with Gasteiger partial charge in [-0.3, -0.25) is 0 Å². The SMILES string of the molecule is CCN(C)C(=O)n1cc(Cl)c(S(=O)(=O)c2cccc(F)c2F)n1. The van der Waals surface area contributed by atoms with Gasteiger partial charge in [-0.15, -0.1) is 0 Å². The van der Waals surface area contributed by atoms with Crippen molar-refractivity contribution >= 4 is 27.5 Å². The number of hydrogen-bond donors (Lipinski definition) is 0. The predicted octanol–water partition coefficient (Wildman–Crippen LogP) is 2.57. The van der Waals surface area contributed by atoms with E-state index in [4.69, 9.17) is 11.6 Å². The summed E-state index contributed by atoms with van der Waals surface area (Å²) in [4.78, 5) is 12.3. The molecular weight excluding hydrogens is 352 g/mol. The molecule has 23 heavy (non-hydrogen) atoms. The van der Waals surface area contributed by atoms with E-state index in [0.29, 0.717) is 6.54 Å². The Bertz CT molecular complexity index is 867. The lowest BCUT2D eigenvalue weighted by molar-refractivity contribution is 0.209. The highest BCUT2D eigenvalue weighted by molar-refractivity contribution is 7.91. The van der Waals surface area contributed by atoms with Gasteiger partial charge in [0, 0.05) is 13.6 Å². The van der Waals surface area contributed by atoms with Gasteiger partial charge in [0.1, 0.15) is 4.90 Å². The van der Waals surface area contributed by atoms with Gasteiger partial charge >= 0.3 is 6.03 Å². The average Bonchev–Trinajstić information content (AvgIpc) is 2.90. The number of carbonyl (C=O) groups excluding carboxylic acids is 1. The van der Waals surface area contributed by atoms with Crippen molar-refractivity contribution in [3.05, 3.63) is 41.1 Å². The molecule has 124 valence electrons. The molecule has 1 heterocycles. The van der Waals surface area contributed by atoms with Crippen molar-refractivity contribution in [2.45, 2.75) is 16.8 Å². The van der Waals surface area contributed by atoms with Gasteiger partial charge < -0.3 is 4.90 Å². The van der Waals surface area contributed by atoms with Crippen molar-refractivity contribution in [3.8, 4) is 0 Å². The van der Waals surface area contributed by atoms with Crippen molar-refractivity contribution in [1.29, 1.82) is 0 Å². The molecule has 1 aromatic carbocycles. The van der Waals surface area contributed by atoms with E-state index in [0.717, 1.165) is 29.1 Å². The predicted molar refractivity (Wildman–Crippen MR) is 78.1 cm³/mol. The minimum Gasteiger partial charge on any atom is -0.326 e. The molecule has 10 heteroatoms. The number of amides is 1. The zero-order valence-electron chi connectivity index (χ0n) is 12.1. The third-order valence-electron chi connectivity index (χ3n) is 3.10. The molecule has 0 atom stereocenters. The third-order valence-corrected chi connectivity index (χ3v) is 5.19. The minimum absolute atomic E-state index is 0.358. The molecule has 0 unspecified atom stereocenters. The standard InChI is InChI=1S/C13H12ClF2N3O3S/c1-3-18(2)13(20)19-7-8(14)12(17-19)23(21,22)10-6-4-5-9(15)11(10)16/h4-7H,3H2,1-2H3.